The highest BCUT2D eigenvalue weighted by molar-refractivity contribution is 5.85. The van der Waals surface area contributed by atoms with E-state index in [-0.39, 0.29) is 5.75 Å². The lowest BCUT2D eigenvalue weighted by Crippen LogP contribution is -2.25. The second kappa shape index (κ2) is 6.49. The molecule has 5 nitrogen and oxygen atoms in total. The summed E-state index contributed by atoms with van der Waals surface area (Å²) in [6, 6.07) is 14.9. The lowest BCUT2D eigenvalue weighted by Gasteiger charge is -2.08. The largest absolute Gasteiger partial charge is 0.508 e. The molecule has 0 aliphatic carbocycles. The van der Waals surface area contributed by atoms with E-state index in [0.717, 1.165) is 5.56 Å². The third-order valence-electron chi connectivity index (χ3n) is 2.65. The Morgan fingerprint density at radius 2 is 1.75 bits per heavy atom. The molecule has 2 rings (SSSR count). The van der Waals surface area contributed by atoms with Crippen LogP contribution < -0.4 is 5.43 Å². The summed E-state index contributed by atoms with van der Waals surface area (Å²) in [5, 5.41) is 22.7. The Balaban J connectivity index is 1.93. The van der Waals surface area contributed by atoms with Gasteiger partial charge in [0.2, 0.25) is 0 Å². The van der Waals surface area contributed by atoms with Crippen LogP contribution in [0.3, 0.4) is 0 Å². The summed E-state index contributed by atoms with van der Waals surface area (Å²) in [5.41, 5.74) is 3.49. The molecule has 0 saturated carbocycles. The van der Waals surface area contributed by atoms with E-state index in [0.29, 0.717) is 5.56 Å². The Morgan fingerprint density at radius 1 is 1.10 bits per heavy atom. The molecule has 0 spiro atoms. The van der Waals surface area contributed by atoms with Crippen molar-refractivity contribution in [3.05, 3.63) is 65.7 Å². The Hall–Kier alpha value is -2.66. The van der Waals surface area contributed by atoms with E-state index in [1.54, 1.807) is 42.5 Å². The van der Waals surface area contributed by atoms with Gasteiger partial charge in [-0.25, -0.2) is 5.43 Å². The number of hydrogen-bond donors (Lipinski definition) is 3. The highest BCUT2D eigenvalue weighted by Crippen LogP contribution is 2.11. The van der Waals surface area contributed by atoms with Gasteiger partial charge in [0.1, 0.15) is 5.75 Å². The number of hydrogen-bond acceptors (Lipinski definition) is 4. The summed E-state index contributed by atoms with van der Waals surface area (Å²) in [7, 11) is 0. The van der Waals surface area contributed by atoms with Crippen molar-refractivity contribution < 1.29 is 15.0 Å². The maximum Gasteiger partial charge on any atom is 0.273 e. The van der Waals surface area contributed by atoms with Crippen LogP contribution in [0.4, 0.5) is 0 Å². The van der Waals surface area contributed by atoms with Gasteiger partial charge in [-0.05, 0) is 35.4 Å². The number of nitrogens with one attached hydrogen (secondary N) is 1. The quantitative estimate of drug-likeness (QED) is 0.582. The van der Waals surface area contributed by atoms with Crippen molar-refractivity contribution in [1.29, 1.82) is 0 Å². The number of phenols is 1. The van der Waals surface area contributed by atoms with Crippen LogP contribution in [-0.2, 0) is 4.79 Å². The highest BCUT2D eigenvalue weighted by Gasteiger charge is 2.15. The van der Waals surface area contributed by atoms with Gasteiger partial charge in [0.05, 0.1) is 6.21 Å². The molecule has 0 aliphatic rings. The van der Waals surface area contributed by atoms with Crippen LogP contribution in [-0.4, -0.2) is 22.3 Å². The monoisotopic (exact) mass is 270 g/mol. The van der Waals surface area contributed by atoms with Gasteiger partial charge in [-0.2, -0.15) is 5.10 Å². The third kappa shape index (κ3) is 3.66. The fourth-order valence-corrected chi connectivity index (χ4v) is 1.58. The first-order chi connectivity index (χ1) is 9.66. The molecule has 20 heavy (non-hydrogen) atoms. The number of amides is 1. The number of benzene rings is 2. The molecule has 0 aromatic heterocycles. The van der Waals surface area contributed by atoms with Crippen LogP contribution in [0.25, 0.3) is 0 Å². The van der Waals surface area contributed by atoms with Crippen LogP contribution in [0, 0.1) is 0 Å². The van der Waals surface area contributed by atoms with E-state index in [1.807, 2.05) is 0 Å². The lowest BCUT2D eigenvalue weighted by molar-refractivity contribution is -0.129. The molecule has 1 amide bonds. The van der Waals surface area contributed by atoms with Crippen LogP contribution in [0.15, 0.2) is 59.7 Å². The summed E-state index contributed by atoms with van der Waals surface area (Å²) in [5.74, 6) is -0.447. The van der Waals surface area contributed by atoms with Gasteiger partial charge < -0.3 is 10.2 Å². The molecule has 2 aromatic carbocycles. The lowest BCUT2D eigenvalue weighted by atomic mass is 10.1. The zero-order chi connectivity index (χ0) is 14.4. The SMILES string of the molecule is O=C(N/N=C/c1ccc(O)cc1)C(O)c1ccccc1. The van der Waals surface area contributed by atoms with E-state index < -0.39 is 12.0 Å². The van der Waals surface area contributed by atoms with Crippen molar-refractivity contribution >= 4 is 12.1 Å². The third-order valence-corrected chi connectivity index (χ3v) is 2.65. The predicted molar refractivity (Wildman–Crippen MR) is 75.2 cm³/mol. The maximum absolute atomic E-state index is 11.7. The summed E-state index contributed by atoms with van der Waals surface area (Å²) in [6.45, 7) is 0. The Bertz CT molecular complexity index is 594. The van der Waals surface area contributed by atoms with Crippen LogP contribution in [0.1, 0.15) is 17.2 Å². The van der Waals surface area contributed by atoms with Gasteiger partial charge in [0.15, 0.2) is 6.10 Å². The number of carbonyl (C=O) groups is 1. The number of aromatic hydroxyl groups is 1. The number of aliphatic hydroxyl groups excluding tert-OH is 1. The van der Waals surface area contributed by atoms with Gasteiger partial charge in [-0.1, -0.05) is 30.3 Å². The number of carbonyl (C=O) groups excluding carboxylic acids is 1. The fourth-order valence-electron chi connectivity index (χ4n) is 1.58. The van der Waals surface area contributed by atoms with Crippen molar-refractivity contribution in [3.8, 4) is 5.75 Å². The van der Waals surface area contributed by atoms with E-state index in [1.165, 1.54) is 18.3 Å². The molecule has 0 aliphatic heterocycles. The fraction of sp³-hybridized carbons (Fsp3) is 0.0667. The second-order valence-electron chi connectivity index (χ2n) is 4.14. The molecule has 0 saturated heterocycles. The van der Waals surface area contributed by atoms with E-state index in [4.69, 9.17) is 5.11 Å². The first-order valence-corrected chi connectivity index (χ1v) is 6.02. The number of hydrazone groups is 1. The average Bonchev–Trinajstić information content (AvgIpc) is 2.49. The van der Waals surface area contributed by atoms with Gasteiger partial charge in [-0.15, -0.1) is 0 Å². The molecule has 0 heterocycles. The van der Waals surface area contributed by atoms with Crippen molar-refractivity contribution in [2.24, 2.45) is 5.10 Å². The molecular weight excluding hydrogens is 256 g/mol. The zero-order valence-electron chi connectivity index (χ0n) is 10.6. The average molecular weight is 270 g/mol. The number of phenolic OH excluding ortho intramolecular Hbond substituents is 1. The van der Waals surface area contributed by atoms with E-state index in [9.17, 15) is 9.90 Å². The molecule has 3 N–H and O–H groups in total. The molecule has 5 heteroatoms. The summed E-state index contributed by atoms with van der Waals surface area (Å²) < 4.78 is 0. The smallest absolute Gasteiger partial charge is 0.273 e. The second-order valence-corrected chi connectivity index (χ2v) is 4.14. The minimum Gasteiger partial charge on any atom is -0.508 e. The molecule has 0 radical (unpaired) electrons. The molecule has 1 atom stereocenters. The van der Waals surface area contributed by atoms with E-state index >= 15 is 0 Å². The normalized spacial score (nSPS) is 12.2. The minimum atomic E-state index is -1.26. The topological polar surface area (TPSA) is 81.9 Å². The molecule has 2 aromatic rings. The van der Waals surface area contributed by atoms with Crippen molar-refractivity contribution in [2.75, 3.05) is 0 Å². The molecular formula is C15H14N2O3. The van der Waals surface area contributed by atoms with Gasteiger partial charge in [-0.3, -0.25) is 4.79 Å². The first-order valence-electron chi connectivity index (χ1n) is 6.02. The van der Waals surface area contributed by atoms with Gasteiger partial charge >= 0.3 is 0 Å². The van der Waals surface area contributed by atoms with Crippen molar-refractivity contribution in [2.45, 2.75) is 6.10 Å². The summed E-state index contributed by atoms with van der Waals surface area (Å²) in [6.07, 6.45) is 0.169. The number of rotatable bonds is 4. The molecule has 1 unspecified atom stereocenters. The first kappa shape index (κ1) is 13.8. The van der Waals surface area contributed by atoms with Gasteiger partial charge in [0.25, 0.3) is 5.91 Å². The summed E-state index contributed by atoms with van der Waals surface area (Å²) >= 11 is 0. The zero-order valence-corrected chi connectivity index (χ0v) is 10.6. The van der Waals surface area contributed by atoms with E-state index in [2.05, 4.69) is 10.5 Å². The van der Waals surface area contributed by atoms with Crippen LogP contribution in [0.2, 0.25) is 0 Å². The van der Waals surface area contributed by atoms with Crippen LogP contribution >= 0.6 is 0 Å². The summed E-state index contributed by atoms with van der Waals surface area (Å²) in [4.78, 5) is 11.7. The number of aliphatic hydroxyl groups is 1. The predicted octanol–water partition coefficient (Wildman–Crippen LogP) is 1.58. The number of nitrogens with zero attached hydrogens (tertiary/aromatic N) is 1. The Labute approximate surface area is 116 Å². The van der Waals surface area contributed by atoms with Crippen LogP contribution in [0.5, 0.6) is 5.75 Å². The molecule has 102 valence electrons. The maximum atomic E-state index is 11.7. The molecule has 0 fully saturated rings. The van der Waals surface area contributed by atoms with Crippen molar-refractivity contribution in [1.82, 2.24) is 5.43 Å². The Kier molecular flexibility index (Phi) is 4.47. The Morgan fingerprint density at radius 3 is 2.40 bits per heavy atom. The highest BCUT2D eigenvalue weighted by atomic mass is 16.3. The minimum absolute atomic E-state index is 0.158. The van der Waals surface area contributed by atoms with Gasteiger partial charge in [0, 0.05) is 0 Å². The molecule has 0 bridgehead atoms. The van der Waals surface area contributed by atoms with Crippen molar-refractivity contribution in [3.63, 3.8) is 0 Å². The standard InChI is InChI=1S/C15H14N2O3/c18-13-8-6-11(7-9-13)10-16-17-15(20)14(19)12-4-2-1-3-5-12/h1-10,14,18-19H,(H,17,20)/b16-10+.